The van der Waals surface area contributed by atoms with Crippen molar-refractivity contribution in [2.45, 2.75) is 37.9 Å². The monoisotopic (exact) mass is 380 g/mol. The van der Waals surface area contributed by atoms with Crippen molar-refractivity contribution < 1.29 is 14.6 Å². The predicted molar refractivity (Wildman–Crippen MR) is 108 cm³/mol. The summed E-state index contributed by atoms with van der Waals surface area (Å²) < 4.78 is 11.5. The van der Waals surface area contributed by atoms with Crippen LogP contribution in [0.5, 0.6) is 11.5 Å². The third-order valence-electron chi connectivity index (χ3n) is 6.23. The Morgan fingerprint density at radius 1 is 1.07 bits per heavy atom. The molecule has 2 aromatic rings. The first-order valence-electron chi connectivity index (χ1n) is 10.2. The first-order chi connectivity index (χ1) is 13.7. The summed E-state index contributed by atoms with van der Waals surface area (Å²) in [6.45, 7) is 3.08. The molecule has 2 fully saturated rings. The van der Waals surface area contributed by atoms with E-state index in [1.165, 1.54) is 0 Å². The van der Waals surface area contributed by atoms with Crippen LogP contribution in [0, 0.1) is 23.2 Å². The number of hydrogen-bond donors (Lipinski definition) is 1. The van der Waals surface area contributed by atoms with Gasteiger partial charge in [0.1, 0.15) is 17.6 Å². The number of nitrogens with zero attached hydrogens (tertiary/aromatic N) is 2. The molecule has 28 heavy (non-hydrogen) atoms. The summed E-state index contributed by atoms with van der Waals surface area (Å²) in [6, 6.07) is 14.3. The Kier molecular flexibility index (Phi) is 5.70. The van der Waals surface area contributed by atoms with Crippen molar-refractivity contribution in [1.82, 2.24) is 4.90 Å². The lowest BCUT2D eigenvalue weighted by Crippen LogP contribution is -2.42. The van der Waals surface area contributed by atoms with E-state index >= 15 is 0 Å². The zero-order chi connectivity index (χ0) is 19.5. The summed E-state index contributed by atoms with van der Waals surface area (Å²) >= 11 is 0. The fourth-order valence-corrected chi connectivity index (χ4v) is 4.76. The Morgan fingerprint density at radius 2 is 1.75 bits per heavy atom. The summed E-state index contributed by atoms with van der Waals surface area (Å²) in [5, 5.41) is 21.6. The Morgan fingerprint density at radius 3 is 2.46 bits per heavy atom. The molecule has 0 amide bonds. The molecule has 1 aliphatic carbocycles. The largest absolute Gasteiger partial charge is 0.497 e. The van der Waals surface area contributed by atoms with Gasteiger partial charge < -0.3 is 19.5 Å². The fourth-order valence-electron chi connectivity index (χ4n) is 4.76. The van der Waals surface area contributed by atoms with Crippen LogP contribution < -0.4 is 9.47 Å². The highest BCUT2D eigenvalue weighted by molar-refractivity contribution is 5.85. The Labute approximate surface area is 166 Å². The maximum absolute atomic E-state index is 10.7. The molecule has 1 saturated heterocycles. The van der Waals surface area contributed by atoms with Gasteiger partial charge in [-0.3, -0.25) is 0 Å². The van der Waals surface area contributed by atoms with Crippen molar-refractivity contribution >= 4 is 10.8 Å². The van der Waals surface area contributed by atoms with Gasteiger partial charge in [-0.25, -0.2) is 0 Å². The van der Waals surface area contributed by atoms with E-state index < -0.39 is 6.10 Å². The van der Waals surface area contributed by atoms with Crippen LogP contribution in [0.25, 0.3) is 10.8 Å². The number of methoxy groups -OCH3 is 1. The average Bonchev–Trinajstić information content (AvgIpc) is 3.09. The first kappa shape index (κ1) is 19.0. The average molecular weight is 380 g/mol. The van der Waals surface area contributed by atoms with Crippen molar-refractivity contribution in [2.75, 3.05) is 26.7 Å². The smallest absolute Gasteiger partial charge is 0.125 e. The zero-order valence-electron chi connectivity index (χ0n) is 16.4. The van der Waals surface area contributed by atoms with Gasteiger partial charge in [-0.1, -0.05) is 12.1 Å². The van der Waals surface area contributed by atoms with Crippen molar-refractivity contribution in [1.29, 1.82) is 5.26 Å². The van der Waals surface area contributed by atoms with Gasteiger partial charge in [0, 0.05) is 19.5 Å². The molecule has 0 unspecified atom stereocenters. The summed E-state index contributed by atoms with van der Waals surface area (Å²) in [5.41, 5.74) is 0. The number of fused-ring (bicyclic) bond motifs is 2. The topological polar surface area (TPSA) is 65.7 Å². The molecule has 0 aromatic heterocycles. The van der Waals surface area contributed by atoms with Crippen LogP contribution in [0.2, 0.25) is 0 Å². The molecule has 2 aliphatic rings. The van der Waals surface area contributed by atoms with Gasteiger partial charge in [0.15, 0.2) is 0 Å². The SMILES string of the molecule is COc1ccc2cc(O[C@@H]3C[C@@H]4CN(CCCC#N)C[C@@H]4C[C@H]3O)ccc2c1. The third kappa shape index (κ3) is 4.09. The normalized spacial score (nSPS) is 27.3. The van der Waals surface area contributed by atoms with Gasteiger partial charge in [-0.15, -0.1) is 0 Å². The van der Waals surface area contributed by atoms with Crippen LogP contribution >= 0.6 is 0 Å². The standard InChI is InChI=1S/C23H28N2O3/c1-27-20-6-4-17-11-21(7-5-16(17)10-20)28-23-13-19-15-25(9-3-2-8-24)14-18(19)12-22(23)26/h4-7,10-11,18-19,22-23,26H,2-3,9,12-15H2,1H3/t18-,19+,22+,23+/m0/s1. The number of unbranched alkanes of at least 4 members (excludes halogenated alkanes) is 1. The third-order valence-corrected chi connectivity index (χ3v) is 6.23. The first-order valence-corrected chi connectivity index (χ1v) is 10.2. The number of rotatable bonds is 6. The zero-order valence-corrected chi connectivity index (χ0v) is 16.4. The summed E-state index contributed by atoms with van der Waals surface area (Å²) in [4.78, 5) is 2.45. The molecule has 4 atom stereocenters. The van der Waals surface area contributed by atoms with E-state index in [2.05, 4.69) is 11.0 Å². The van der Waals surface area contributed by atoms with Crippen molar-refractivity contribution in [3.8, 4) is 17.6 Å². The number of aliphatic hydroxyl groups excluding tert-OH is 1. The van der Waals surface area contributed by atoms with Gasteiger partial charge in [-0.2, -0.15) is 5.26 Å². The quantitative estimate of drug-likeness (QED) is 0.776. The summed E-state index contributed by atoms with van der Waals surface area (Å²) in [5.74, 6) is 2.76. The van der Waals surface area contributed by atoms with Gasteiger partial charge in [0.2, 0.25) is 0 Å². The van der Waals surface area contributed by atoms with Gasteiger partial charge in [-0.05, 0) is 72.7 Å². The maximum atomic E-state index is 10.7. The van der Waals surface area contributed by atoms with Crippen molar-refractivity contribution in [3.63, 3.8) is 0 Å². The van der Waals surface area contributed by atoms with E-state index in [0.717, 1.165) is 61.2 Å². The van der Waals surface area contributed by atoms with Crippen LogP contribution in [0.15, 0.2) is 36.4 Å². The fraction of sp³-hybridized carbons (Fsp3) is 0.522. The lowest BCUT2D eigenvalue weighted by molar-refractivity contribution is -0.0230. The van der Waals surface area contributed by atoms with Gasteiger partial charge in [0.05, 0.1) is 19.3 Å². The molecule has 1 saturated carbocycles. The molecule has 4 rings (SSSR count). The summed E-state index contributed by atoms with van der Waals surface area (Å²) in [6.07, 6.45) is 2.66. The predicted octanol–water partition coefficient (Wildman–Crippen LogP) is 3.60. The van der Waals surface area contributed by atoms with Crippen molar-refractivity contribution in [2.24, 2.45) is 11.8 Å². The Balaban J connectivity index is 1.40. The molecular weight excluding hydrogens is 352 g/mol. The van der Waals surface area contributed by atoms with E-state index in [1.807, 2.05) is 36.4 Å². The number of hydrogen-bond acceptors (Lipinski definition) is 5. The van der Waals surface area contributed by atoms with Gasteiger partial charge in [0.25, 0.3) is 0 Å². The molecule has 1 heterocycles. The number of benzene rings is 2. The van der Waals surface area contributed by atoms with Crippen molar-refractivity contribution in [3.05, 3.63) is 36.4 Å². The molecule has 0 radical (unpaired) electrons. The van der Waals surface area contributed by atoms with E-state index in [4.69, 9.17) is 14.7 Å². The van der Waals surface area contributed by atoms with Crippen LogP contribution in [0.3, 0.4) is 0 Å². The minimum absolute atomic E-state index is 0.156. The second-order valence-electron chi connectivity index (χ2n) is 8.11. The molecule has 0 spiro atoms. The molecule has 1 N–H and O–H groups in total. The van der Waals surface area contributed by atoms with Crippen LogP contribution in [0.1, 0.15) is 25.7 Å². The minimum atomic E-state index is -0.424. The highest BCUT2D eigenvalue weighted by Gasteiger charge is 2.42. The summed E-state index contributed by atoms with van der Waals surface area (Å²) in [7, 11) is 1.67. The molecule has 148 valence electrons. The molecule has 2 aromatic carbocycles. The highest BCUT2D eigenvalue weighted by Crippen LogP contribution is 2.38. The number of aliphatic hydroxyl groups is 1. The number of nitriles is 1. The second-order valence-corrected chi connectivity index (χ2v) is 8.11. The van der Waals surface area contributed by atoms with E-state index in [0.29, 0.717) is 18.3 Å². The van der Waals surface area contributed by atoms with Crippen LogP contribution in [-0.2, 0) is 0 Å². The number of ether oxygens (including phenoxy) is 2. The minimum Gasteiger partial charge on any atom is -0.497 e. The Bertz CT molecular complexity index is 863. The van der Waals surface area contributed by atoms with E-state index in [9.17, 15) is 5.11 Å². The number of likely N-dealkylation sites (tertiary alicyclic amines) is 1. The van der Waals surface area contributed by atoms with E-state index in [-0.39, 0.29) is 6.10 Å². The van der Waals surface area contributed by atoms with Gasteiger partial charge >= 0.3 is 0 Å². The molecular formula is C23H28N2O3. The van der Waals surface area contributed by atoms with Crippen LogP contribution in [-0.4, -0.2) is 49.0 Å². The second kappa shape index (κ2) is 8.38. The highest BCUT2D eigenvalue weighted by atomic mass is 16.5. The lowest BCUT2D eigenvalue weighted by atomic mass is 9.78. The Hall–Kier alpha value is -2.29. The molecule has 1 aliphatic heterocycles. The lowest BCUT2D eigenvalue weighted by Gasteiger charge is -2.35. The van der Waals surface area contributed by atoms with E-state index in [1.54, 1.807) is 7.11 Å². The maximum Gasteiger partial charge on any atom is 0.125 e. The molecule has 5 heteroatoms. The molecule has 0 bridgehead atoms. The van der Waals surface area contributed by atoms with Crippen LogP contribution in [0.4, 0.5) is 0 Å². The molecule has 5 nitrogen and oxygen atoms in total.